The molecule has 162 valence electrons. The number of nitrogens with zero attached hydrogens (tertiary/aromatic N) is 2. The topological polar surface area (TPSA) is 72.7 Å². The third kappa shape index (κ3) is 4.28. The van der Waals surface area contributed by atoms with E-state index in [4.69, 9.17) is 16.3 Å². The fourth-order valence-corrected chi connectivity index (χ4v) is 3.72. The van der Waals surface area contributed by atoms with Gasteiger partial charge in [-0.2, -0.15) is 13.2 Å². The van der Waals surface area contributed by atoms with Gasteiger partial charge in [0, 0.05) is 23.9 Å². The number of alkyl halides is 3. The molecule has 2 aromatic heterocycles. The summed E-state index contributed by atoms with van der Waals surface area (Å²) in [5, 5.41) is 1.92. The normalized spacial score (nSPS) is 17.0. The lowest BCUT2D eigenvalue weighted by atomic mass is 10.0. The zero-order chi connectivity index (χ0) is 22.2. The first-order valence-corrected chi connectivity index (χ1v) is 9.90. The average Bonchev–Trinajstić information content (AvgIpc) is 2.76. The summed E-state index contributed by atoms with van der Waals surface area (Å²) < 4.78 is 46.1. The number of fused-ring (bicyclic) bond motifs is 1. The van der Waals surface area contributed by atoms with Crippen molar-refractivity contribution in [3.63, 3.8) is 0 Å². The van der Waals surface area contributed by atoms with Crippen molar-refractivity contribution in [1.82, 2.24) is 14.7 Å². The Morgan fingerprint density at radius 1 is 1.23 bits per heavy atom. The molecule has 1 N–H and O–H groups in total. The van der Waals surface area contributed by atoms with E-state index in [-0.39, 0.29) is 17.6 Å². The van der Waals surface area contributed by atoms with Gasteiger partial charge in [0.1, 0.15) is 10.7 Å². The van der Waals surface area contributed by atoms with Crippen LogP contribution in [-0.4, -0.2) is 34.5 Å². The minimum Gasteiger partial charge on any atom is -0.379 e. The molecule has 1 fully saturated rings. The van der Waals surface area contributed by atoms with E-state index in [1.54, 1.807) is 30.3 Å². The Morgan fingerprint density at radius 3 is 2.61 bits per heavy atom. The lowest BCUT2D eigenvalue weighted by Crippen LogP contribution is -2.40. The molecule has 1 aromatic carbocycles. The molecule has 0 radical (unpaired) electrons. The molecule has 4 rings (SSSR count). The van der Waals surface area contributed by atoms with Crippen LogP contribution in [0.15, 0.2) is 47.4 Å². The molecule has 1 aliphatic heterocycles. The molecular weight excluding hydrogens is 435 g/mol. The Bertz CT molecular complexity index is 1190. The molecule has 0 unspecified atom stereocenters. The quantitative estimate of drug-likeness (QED) is 0.654. The number of ether oxygens (including phenoxy) is 1. The lowest BCUT2D eigenvalue weighted by Gasteiger charge is -2.23. The highest BCUT2D eigenvalue weighted by Crippen LogP contribution is 2.33. The number of aromatic nitrogens is 2. The fraction of sp³-hybridized carbons (Fsp3) is 0.286. The van der Waals surface area contributed by atoms with E-state index in [2.05, 4.69) is 10.3 Å². The maximum absolute atomic E-state index is 13.3. The Labute approximate surface area is 179 Å². The SMILES string of the molecule is O=C(N[C@H]1CCCOC1)c1ccc(-c2cccn3c(=O)c(Cl)c(C(F)(F)F)nc23)cc1. The Morgan fingerprint density at radius 2 is 1.97 bits per heavy atom. The Hall–Kier alpha value is -2.91. The molecule has 0 bridgehead atoms. The Kier molecular flexibility index (Phi) is 5.72. The van der Waals surface area contributed by atoms with E-state index in [0.29, 0.717) is 29.9 Å². The van der Waals surface area contributed by atoms with Crippen LogP contribution in [0, 0.1) is 0 Å². The largest absolute Gasteiger partial charge is 0.435 e. The molecule has 31 heavy (non-hydrogen) atoms. The first-order chi connectivity index (χ1) is 14.8. The molecule has 0 aliphatic carbocycles. The van der Waals surface area contributed by atoms with E-state index in [9.17, 15) is 22.8 Å². The summed E-state index contributed by atoms with van der Waals surface area (Å²) in [6, 6.07) is 9.32. The second-order valence-corrected chi connectivity index (χ2v) is 7.54. The predicted molar refractivity (Wildman–Crippen MR) is 108 cm³/mol. The molecule has 1 saturated heterocycles. The zero-order valence-corrected chi connectivity index (χ0v) is 16.8. The van der Waals surface area contributed by atoms with E-state index >= 15 is 0 Å². The van der Waals surface area contributed by atoms with Gasteiger partial charge in [-0.05, 0) is 42.7 Å². The molecule has 0 saturated carbocycles. The number of benzene rings is 1. The first-order valence-electron chi connectivity index (χ1n) is 9.53. The highest BCUT2D eigenvalue weighted by Gasteiger charge is 2.37. The highest BCUT2D eigenvalue weighted by atomic mass is 35.5. The smallest absolute Gasteiger partial charge is 0.379 e. The first kappa shape index (κ1) is 21.3. The standard InChI is InChI=1S/C21H17ClF3N3O3/c22-16-17(21(23,24)25)27-18-15(4-1-9-28(18)20(16)30)12-5-7-13(8-6-12)19(29)26-14-3-2-10-31-11-14/h1,4-9,14H,2-3,10-11H2,(H,26,29)/t14-/m0/s1. The van der Waals surface area contributed by atoms with Crippen molar-refractivity contribution in [3.8, 4) is 11.1 Å². The van der Waals surface area contributed by atoms with Gasteiger partial charge in [0.25, 0.3) is 11.5 Å². The van der Waals surface area contributed by atoms with E-state index in [1.807, 2.05) is 0 Å². The summed E-state index contributed by atoms with van der Waals surface area (Å²) in [6.07, 6.45) is -1.86. The van der Waals surface area contributed by atoms with Crippen LogP contribution in [0.25, 0.3) is 16.8 Å². The van der Waals surface area contributed by atoms with Crippen LogP contribution in [-0.2, 0) is 10.9 Å². The summed E-state index contributed by atoms with van der Waals surface area (Å²) in [4.78, 5) is 28.4. The van der Waals surface area contributed by atoms with E-state index in [0.717, 1.165) is 17.2 Å². The van der Waals surface area contributed by atoms with Crippen LogP contribution >= 0.6 is 11.6 Å². The number of amides is 1. The van der Waals surface area contributed by atoms with Gasteiger partial charge in [-0.3, -0.25) is 14.0 Å². The van der Waals surface area contributed by atoms with Crippen molar-refractivity contribution >= 4 is 23.2 Å². The van der Waals surface area contributed by atoms with Crippen LogP contribution in [0.2, 0.25) is 5.02 Å². The molecule has 3 heterocycles. The second kappa shape index (κ2) is 8.32. The molecule has 10 heteroatoms. The third-order valence-corrected chi connectivity index (χ3v) is 5.36. The molecule has 3 aromatic rings. The summed E-state index contributed by atoms with van der Waals surface area (Å²) in [7, 11) is 0. The monoisotopic (exact) mass is 451 g/mol. The van der Waals surface area contributed by atoms with Crippen molar-refractivity contribution < 1.29 is 22.7 Å². The van der Waals surface area contributed by atoms with Crippen LogP contribution in [0.1, 0.15) is 28.9 Å². The van der Waals surface area contributed by atoms with Crippen LogP contribution in [0.3, 0.4) is 0 Å². The molecule has 1 aliphatic rings. The summed E-state index contributed by atoms with van der Waals surface area (Å²) in [6.45, 7) is 1.15. The molecule has 1 atom stereocenters. The fourth-order valence-electron chi connectivity index (χ4n) is 3.48. The number of hydrogen-bond donors (Lipinski definition) is 1. The van der Waals surface area contributed by atoms with Gasteiger partial charge < -0.3 is 10.1 Å². The van der Waals surface area contributed by atoms with Crippen molar-refractivity contribution in [3.05, 3.63) is 69.2 Å². The van der Waals surface area contributed by atoms with Crippen molar-refractivity contribution in [2.24, 2.45) is 0 Å². The number of halogens is 4. The van der Waals surface area contributed by atoms with Crippen LogP contribution < -0.4 is 10.9 Å². The minimum atomic E-state index is -4.87. The van der Waals surface area contributed by atoms with Crippen molar-refractivity contribution in [2.75, 3.05) is 13.2 Å². The Balaban J connectivity index is 1.69. The summed E-state index contributed by atoms with van der Waals surface area (Å²) in [5.74, 6) is -0.263. The van der Waals surface area contributed by atoms with Gasteiger partial charge in [0.15, 0.2) is 5.69 Å². The average molecular weight is 452 g/mol. The van der Waals surface area contributed by atoms with Crippen molar-refractivity contribution in [1.29, 1.82) is 0 Å². The van der Waals surface area contributed by atoms with E-state index < -0.39 is 22.5 Å². The van der Waals surface area contributed by atoms with Crippen LogP contribution in [0.5, 0.6) is 0 Å². The molecule has 6 nitrogen and oxygen atoms in total. The van der Waals surface area contributed by atoms with Gasteiger partial charge in [-0.15, -0.1) is 0 Å². The van der Waals surface area contributed by atoms with Crippen LogP contribution in [0.4, 0.5) is 13.2 Å². The maximum Gasteiger partial charge on any atom is 0.435 e. The lowest BCUT2D eigenvalue weighted by molar-refractivity contribution is -0.141. The molecule has 0 spiro atoms. The summed E-state index contributed by atoms with van der Waals surface area (Å²) >= 11 is 5.62. The van der Waals surface area contributed by atoms with Gasteiger partial charge in [0.05, 0.1) is 12.6 Å². The van der Waals surface area contributed by atoms with E-state index in [1.165, 1.54) is 12.3 Å². The third-order valence-electron chi connectivity index (χ3n) is 5.02. The molecule has 1 amide bonds. The summed E-state index contributed by atoms with van der Waals surface area (Å²) in [5.41, 5.74) is -1.42. The predicted octanol–water partition coefficient (Wildman–Crippen LogP) is 3.94. The van der Waals surface area contributed by atoms with Crippen molar-refractivity contribution in [2.45, 2.75) is 25.1 Å². The number of carbonyl (C=O) groups excluding carboxylic acids is 1. The maximum atomic E-state index is 13.3. The number of rotatable bonds is 3. The second-order valence-electron chi connectivity index (χ2n) is 7.16. The number of pyridine rings is 1. The zero-order valence-electron chi connectivity index (χ0n) is 16.1. The number of nitrogens with one attached hydrogen (secondary N) is 1. The molecular formula is C21H17ClF3N3O3. The van der Waals surface area contributed by atoms with Gasteiger partial charge in [0.2, 0.25) is 0 Å². The van der Waals surface area contributed by atoms with Gasteiger partial charge >= 0.3 is 6.18 Å². The van der Waals surface area contributed by atoms with Gasteiger partial charge in [-0.1, -0.05) is 23.7 Å². The minimum absolute atomic E-state index is 0.0550. The van der Waals surface area contributed by atoms with Gasteiger partial charge in [-0.25, -0.2) is 4.98 Å². The number of hydrogen-bond acceptors (Lipinski definition) is 4. The highest BCUT2D eigenvalue weighted by molar-refractivity contribution is 6.31. The number of carbonyl (C=O) groups is 1.